The van der Waals surface area contributed by atoms with Gasteiger partial charge in [-0.2, -0.15) is 4.98 Å². The zero-order chi connectivity index (χ0) is 38.2. The molecule has 0 radical (unpaired) electrons. The van der Waals surface area contributed by atoms with Gasteiger partial charge in [0.05, 0.1) is 24.3 Å². The topological polar surface area (TPSA) is 105 Å². The first-order chi connectivity index (χ1) is 22.4. The summed E-state index contributed by atoms with van der Waals surface area (Å²) in [6.45, 7) is -10.1. The van der Waals surface area contributed by atoms with E-state index in [9.17, 15) is 9.59 Å². The number of nitrogens with zero attached hydrogens (tertiary/aromatic N) is 5. The van der Waals surface area contributed by atoms with Crippen LogP contribution in [0.3, 0.4) is 0 Å². The van der Waals surface area contributed by atoms with Gasteiger partial charge in [0.2, 0.25) is 5.95 Å². The number of hydrogen-bond acceptors (Lipinski definition) is 8. The summed E-state index contributed by atoms with van der Waals surface area (Å²) in [5.74, 6) is -1.47. The normalized spacial score (nSPS) is 37.8. The molecule has 4 heterocycles. The number of aryl methyl sites for hydroxylation is 1. The minimum absolute atomic E-state index is 0.0455. The van der Waals surface area contributed by atoms with Gasteiger partial charge >= 0.3 is 0 Å². The van der Waals surface area contributed by atoms with Crippen LogP contribution in [0.2, 0.25) is 0 Å². The lowest BCUT2D eigenvalue weighted by atomic mass is 10.0. The van der Waals surface area contributed by atoms with Crippen molar-refractivity contribution in [2.45, 2.75) is 45.4 Å². The molecule has 0 amide bonds. The Kier molecular flexibility index (Phi) is 2.56. The van der Waals surface area contributed by atoms with Crippen molar-refractivity contribution >= 4 is 34.3 Å². The van der Waals surface area contributed by atoms with Gasteiger partial charge in [-0.25, -0.2) is 9.97 Å². The first-order valence-corrected chi connectivity index (χ1v) is 9.65. The molecule has 33 heavy (non-hydrogen) atoms. The molecule has 5 rings (SSSR count). The minimum Gasteiger partial charge on any atom is -0.368 e. The van der Waals surface area contributed by atoms with Crippen molar-refractivity contribution in [3.63, 3.8) is 0 Å². The standard InChI is InChI=1S/C24H29N7O2/c1-15-19-14-27-24(28-20-8-7-18(13-26-20)30-11-9-25-10-12-30)29-22(19)31(17-5-3-4-6-17)23(33)21(15)16(2)32/h7-8,13-14,17,25H,3-6,9-12H2,1-2H3,(H,26,27,28,29)/i3D2,4D2,5D2,6D2,9D2,10D2,11D2,12D2,17D. The zero-order valence-electron chi connectivity index (χ0n) is 34.4. The van der Waals surface area contributed by atoms with E-state index in [1.54, 1.807) is 5.32 Å². The Balaban J connectivity index is 1.68. The Morgan fingerprint density at radius 2 is 1.97 bits per heavy atom. The summed E-state index contributed by atoms with van der Waals surface area (Å²) in [7, 11) is 0. The summed E-state index contributed by atoms with van der Waals surface area (Å²) in [6, 6.07) is -1.50. The van der Waals surface area contributed by atoms with Crippen molar-refractivity contribution in [1.29, 1.82) is 0 Å². The molecule has 0 spiro atoms. The maximum atomic E-state index is 13.9. The highest BCUT2D eigenvalue weighted by Crippen LogP contribution is 2.32. The fourth-order valence-electron chi connectivity index (χ4n) is 3.38. The van der Waals surface area contributed by atoms with Crippen LogP contribution in [0.5, 0.6) is 0 Å². The minimum atomic E-state index is -3.76. The molecule has 1 aliphatic heterocycles. The lowest BCUT2D eigenvalue weighted by Crippen LogP contribution is -2.43. The number of rotatable bonds is 5. The molecular weight excluding hydrogens is 418 g/mol. The van der Waals surface area contributed by atoms with E-state index in [1.165, 1.54) is 6.92 Å². The smallest absolute Gasteiger partial charge is 0.263 e. The molecule has 1 saturated carbocycles. The Morgan fingerprint density at radius 1 is 1.21 bits per heavy atom. The van der Waals surface area contributed by atoms with Gasteiger partial charge in [-0.15, -0.1) is 0 Å². The molecule has 9 heteroatoms. The number of anilines is 3. The molecule has 1 aliphatic carbocycles. The number of ketones is 1. The lowest BCUT2D eigenvalue weighted by Gasteiger charge is -2.29. The molecule has 172 valence electrons. The Hall–Kier alpha value is -3.33. The van der Waals surface area contributed by atoms with Gasteiger partial charge in [0.25, 0.3) is 5.56 Å². The third-order valence-corrected chi connectivity index (χ3v) is 4.88. The number of fused-ring (bicyclic) bond motifs is 1. The first-order valence-electron chi connectivity index (χ1n) is 18.1. The van der Waals surface area contributed by atoms with Crippen molar-refractivity contribution < 1.29 is 28.1 Å². The molecule has 0 atom stereocenters. The number of hydrogen-bond donors (Lipinski definition) is 2. The van der Waals surface area contributed by atoms with Crippen LogP contribution in [0.1, 0.15) is 77.7 Å². The van der Waals surface area contributed by atoms with Crippen LogP contribution in [-0.4, -0.2) is 51.3 Å². The van der Waals surface area contributed by atoms with E-state index in [0.29, 0.717) is 0 Å². The monoisotopic (exact) mass is 464 g/mol. The first kappa shape index (κ1) is 9.50. The predicted molar refractivity (Wildman–Crippen MR) is 129 cm³/mol. The maximum absolute atomic E-state index is 13.9. The highest BCUT2D eigenvalue weighted by molar-refractivity contribution is 5.99. The average molecular weight is 465 g/mol. The second kappa shape index (κ2) is 8.90. The molecule has 0 aromatic carbocycles. The summed E-state index contributed by atoms with van der Waals surface area (Å²) in [4.78, 5) is 39.1. The van der Waals surface area contributed by atoms with Gasteiger partial charge in [0.15, 0.2) is 5.78 Å². The molecule has 2 aliphatic rings. The average Bonchev–Trinajstić information content (AvgIpc) is 3.00. The van der Waals surface area contributed by atoms with Crippen LogP contribution in [0.15, 0.2) is 29.3 Å². The number of carbonyl (C=O) groups is 1. The Bertz CT molecular complexity index is 1930. The van der Waals surface area contributed by atoms with Crippen LogP contribution >= 0.6 is 0 Å². The summed E-state index contributed by atoms with van der Waals surface area (Å²) in [5, 5.41) is 4.15. The fraction of sp³-hybridized carbons (Fsp3) is 0.458. The van der Waals surface area contributed by atoms with E-state index in [2.05, 4.69) is 20.3 Å². The van der Waals surface area contributed by atoms with E-state index < -0.39 is 86.0 Å². The van der Waals surface area contributed by atoms with Crippen molar-refractivity contribution in [3.05, 3.63) is 46.0 Å². The molecule has 3 aromatic rings. The number of nitrogens with one attached hydrogen (secondary N) is 2. The highest BCUT2D eigenvalue weighted by atomic mass is 16.1. The van der Waals surface area contributed by atoms with Crippen molar-refractivity contribution in [3.8, 4) is 0 Å². The van der Waals surface area contributed by atoms with Crippen LogP contribution in [0, 0.1) is 6.92 Å². The van der Waals surface area contributed by atoms with E-state index in [0.717, 1.165) is 31.5 Å². The molecule has 9 nitrogen and oxygen atoms in total. The van der Waals surface area contributed by atoms with Gasteiger partial charge in [-0.1, -0.05) is 12.7 Å². The van der Waals surface area contributed by atoms with Gasteiger partial charge < -0.3 is 15.5 Å². The van der Waals surface area contributed by atoms with Gasteiger partial charge in [0, 0.05) is 60.0 Å². The molecule has 1 saturated heterocycles. The highest BCUT2D eigenvalue weighted by Gasteiger charge is 2.25. The van der Waals surface area contributed by atoms with Crippen LogP contribution < -0.4 is 21.1 Å². The van der Waals surface area contributed by atoms with E-state index >= 15 is 0 Å². The zero-order valence-corrected chi connectivity index (χ0v) is 17.4. The number of aromatic nitrogens is 4. The van der Waals surface area contributed by atoms with Crippen molar-refractivity contribution in [2.24, 2.45) is 0 Å². The quantitative estimate of drug-likeness (QED) is 0.555. The van der Waals surface area contributed by atoms with Crippen molar-refractivity contribution in [1.82, 2.24) is 24.8 Å². The molecule has 2 fully saturated rings. The molecular formula is C24H29N7O2. The van der Waals surface area contributed by atoms with Crippen LogP contribution in [0.4, 0.5) is 17.5 Å². The van der Waals surface area contributed by atoms with E-state index in [-0.39, 0.29) is 31.9 Å². The SMILES string of the molecule is [2H]C1([2H])NC([2H])([2H])C([2H])([2H])N(c2ccc(Nc3ncc4c(C)c(C(C)=O)c(=O)n(C5([2H])C([2H])([2H])C([2H])([2H])C([2H])([2H])C5([2H])[2H])c4n3)nc2)C1([2H])[2H]. The van der Waals surface area contributed by atoms with E-state index in [1.807, 2.05) is 0 Å². The second-order valence-corrected chi connectivity index (χ2v) is 6.94. The van der Waals surface area contributed by atoms with E-state index in [4.69, 9.17) is 23.3 Å². The second-order valence-electron chi connectivity index (χ2n) is 6.94. The number of carbonyl (C=O) groups excluding carboxylic acids is 1. The third-order valence-electron chi connectivity index (χ3n) is 4.88. The number of pyridine rings is 2. The van der Waals surface area contributed by atoms with Crippen LogP contribution in [-0.2, 0) is 0 Å². The largest absolute Gasteiger partial charge is 0.368 e. The maximum Gasteiger partial charge on any atom is 0.263 e. The molecule has 0 unspecified atom stereocenters. The summed E-state index contributed by atoms with van der Waals surface area (Å²) in [6.07, 6.45) is -13.0. The molecule has 2 N–H and O–H groups in total. The van der Waals surface area contributed by atoms with Gasteiger partial charge in [-0.3, -0.25) is 14.2 Å². The van der Waals surface area contributed by atoms with Gasteiger partial charge in [-0.05, 0) is 44.3 Å². The number of piperazine rings is 1. The number of Topliss-reactive ketones (excluding diaryl/α,β-unsaturated/α-hetero) is 1. The van der Waals surface area contributed by atoms with Crippen molar-refractivity contribution in [2.75, 3.05) is 36.2 Å². The summed E-state index contributed by atoms with van der Waals surface area (Å²) < 4.78 is 141. The summed E-state index contributed by atoms with van der Waals surface area (Å²) in [5.41, 5.74) is -3.16. The molecule has 3 aromatic heterocycles. The van der Waals surface area contributed by atoms with Gasteiger partial charge in [0.1, 0.15) is 11.5 Å². The third kappa shape index (κ3) is 4.08. The molecule has 0 bridgehead atoms. The lowest BCUT2D eigenvalue weighted by molar-refractivity contribution is 0.101. The fourth-order valence-corrected chi connectivity index (χ4v) is 3.38. The van der Waals surface area contributed by atoms with Crippen LogP contribution in [0.25, 0.3) is 11.0 Å². The Labute approximate surface area is 216 Å². The Morgan fingerprint density at radius 3 is 2.64 bits per heavy atom. The summed E-state index contributed by atoms with van der Waals surface area (Å²) >= 11 is 0. The predicted octanol–water partition coefficient (Wildman–Crippen LogP) is 2.97.